The molecule has 0 spiro atoms. The van der Waals surface area contributed by atoms with Gasteiger partial charge in [0, 0.05) is 37.9 Å². The van der Waals surface area contributed by atoms with Crippen molar-refractivity contribution in [3.63, 3.8) is 0 Å². The molecular weight excluding hydrogens is 559 g/mol. The van der Waals surface area contributed by atoms with Crippen molar-refractivity contribution in [3.8, 4) is 17.2 Å². The Balaban J connectivity index is 1.31. The summed E-state index contributed by atoms with van der Waals surface area (Å²) in [6.07, 6.45) is 1.40. The molecule has 11 heteroatoms. The van der Waals surface area contributed by atoms with Gasteiger partial charge in [-0.25, -0.2) is 24.1 Å². The van der Waals surface area contributed by atoms with Gasteiger partial charge in [0.15, 0.2) is 5.65 Å². The minimum atomic E-state index is -0.539. The zero-order valence-corrected chi connectivity index (χ0v) is 25.2. The molecule has 226 valence electrons. The van der Waals surface area contributed by atoms with Crippen LogP contribution in [-0.2, 0) is 4.74 Å². The highest BCUT2D eigenvalue weighted by Gasteiger charge is 2.27. The van der Waals surface area contributed by atoms with Gasteiger partial charge in [-0.05, 0) is 75.7 Å². The molecule has 0 bridgehead atoms. The van der Waals surface area contributed by atoms with Crippen LogP contribution in [0.3, 0.4) is 0 Å². The lowest BCUT2D eigenvalue weighted by Gasteiger charge is -2.36. The molecule has 1 aliphatic heterocycles. The Bertz CT molecular complexity index is 1760. The maximum atomic E-state index is 13.9. The molecule has 44 heavy (non-hydrogen) atoms. The monoisotopic (exact) mass is 594 g/mol. The summed E-state index contributed by atoms with van der Waals surface area (Å²) in [7, 11) is 0. The molecule has 3 aromatic heterocycles. The van der Waals surface area contributed by atoms with Crippen molar-refractivity contribution in [1.82, 2.24) is 29.4 Å². The molecule has 0 unspecified atom stereocenters. The minimum Gasteiger partial charge on any atom is -0.444 e. The lowest BCUT2D eigenvalue weighted by Crippen LogP contribution is -2.50. The van der Waals surface area contributed by atoms with Crippen LogP contribution in [0.15, 0.2) is 79.0 Å². The van der Waals surface area contributed by atoms with E-state index < -0.39 is 5.60 Å². The Morgan fingerprint density at radius 3 is 2.32 bits per heavy atom. The fourth-order valence-corrected chi connectivity index (χ4v) is 5.16. The lowest BCUT2D eigenvalue weighted by molar-refractivity contribution is 0.0240. The summed E-state index contributed by atoms with van der Waals surface area (Å²) in [5.41, 5.74) is 2.58. The van der Waals surface area contributed by atoms with Gasteiger partial charge in [0.2, 0.25) is 5.95 Å². The molecule has 0 aliphatic carbocycles. The van der Waals surface area contributed by atoms with E-state index in [1.807, 2.05) is 61.7 Å². The van der Waals surface area contributed by atoms with Crippen molar-refractivity contribution in [2.24, 2.45) is 0 Å². The van der Waals surface area contributed by atoms with Crippen LogP contribution in [-0.4, -0.2) is 67.3 Å². The third-order valence-corrected chi connectivity index (χ3v) is 7.38. The maximum Gasteiger partial charge on any atom is 0.410 e. The number of carbonyl (C=O) groups excluding carboxylic acids is 1. The zero-order chi connectivity index (χ0) is 30.8. The first-order valence-electron chi connectivity index (χ1n) is 14.7. The van der Waals surface area contributed by atoms with E-state index >= 15 is 0 Å². The fraction of sp³-hybridized carbons (Fsp3) is 0.303. The van der Waals surface area contributed by atoms with E-state index in [2.05, 4.69) is 34.3 Å². The number of amides is 1. The van der Waals surface area contributed by atoms with E-state index in [-0.39, 0.29) is 18.0 Å². The van der Waals surface area contributed by atoms with Crippen molar-refractivity contribution < 1.29 is 13.9 Å². The fourth-order valence-electron chi connectivity index (χ4n) is 5.16. The number of fused-ring (bicyclic) bond motifs is 1. The number of hydrogen-bond acceptors (Lipinski definition) is 8. The van der Waals surface area contributed by atoms with Gasteiger partial charge in [-0.15, -0.1) is 0 Å². The van der Waals surface area contributed by atoms with Gasteiger partial charge in [-0.2, -0.15) is 4.98 Å². The molecule has 6 rings (SSSR count). The Morgan fingerprint density at radius 2 is 1.61 bits per heavy atom. The second-order valence-corrected chi connectivity index (χ2v) is 11.8. The number of hydrogen-bond donors (Lipinski definition) is 1. The summed E-state index contributed by atoms with van der Waals surface area (Å²) in [5, 5.41) is 3.39. The van der Waals surface area contributed by atoms with Crippen LogP contribution >= 0.6 is 0 Å². The molecule has 5 aromatic rings. The van der Waals surface area contributed by atoms with Crippen LogP contribution in [0.4, 0.5) is 21.0 Å². The van der Waals surface area contributed by atoms with Crippen molar-refractivity contribution in [2.75, 3.05) is 36.4 Å². The summed E-state index contributed by atoms with van der Waals surface area (Å²) in [4.78, 5) is 35.5. The number of pyridine rings is 1. The number of carbonyl (C=O) groups is 1. The van der Waals surface area contributed by atoms with Gasteiger partial charge in [0.05, 0.1) is 11.6 Å². The number of piperazine rings is 1. The summed E-state index contributed by atoms with van der Waals surface area (Å²) < 4.78 is 21.3. The van der Waals surface area contributed by atoms with Crippen LogP contribution < -0.4 is 10.2 Å². The largest absolute Gasteiger partial charge is 0.444 e. The lowest BCUT2D eigenvalue weighted by atomic mass is 10.1. The number of rotatable bonds is 6. The van der Waals surface area contributed by atoms with Gasteiger partial charge in [-0.3, -0.25) is 4.57 Å². The average Bonchev–Trinajstić information content (AvgIpc) is 3.40. The molecule has 0 radical (unpaired) electrons. The highest BCUT2D eigenvalue weighted by atomic mass is 19.1. The number of ether oxygens (including phenoxy) is 1. The van der Waals surface area contributed by atoms with Gasteiger partial charge in [0.1, 0.15) is 28.9 Å². The smallest absolute Gasteiger partial charge is 0.410 e. The third kappa shape index (κ3) is 6.31. The highest BCUT2D eigenvalue weighted by molar-refractivity contribution is 5.81. The number of aromatic nitrogens is 5. The Kier molecular flexibility index (Phi) is 7.86. The second-order valence-electron chi connectivity index (χ2n) is 11.8. The SMILES string of the molecule is C[C@@H](Nc1nccc(-n2c(-c3ccc(F)cc3)nc3nc(N4CCN(C(=O)OC(C)(C)C)CC4)ccc32)n1)c1ccccc1. The molecule has 10 nitrogen and oxygen atoms in total. The number of benzene rings is 2. The number of nitrogens with one attached hydrogen (secondary N) is 1. The predicted molar refractivity (Wildman–Crippen MR) is 168 cm³/mol. The first-order chi connectivity index (χ1) is 21.1. The average molecular weight is 595 g/mol. The molecule has 1 atom stereocenters. The molecule has 1 saturated heterocycles. The van der Waals surface area contributed by atoms with Gasteiger partial charge < -0.3 is 19.9 Å². The number of nitrogens with zero attached hydrogens (tertiary/aromatic N) is 7. The number of anilines is 2. The van der Waals surface area contributed by atoms with Crippen LogP contribution in [0.2, 0.25) is 0 Å². The van der Waals surface area contributed by atoms with Crippen LogP contribution in [0, 0.1) is 5.82 Å². The summed E-state index contributed by atoms with van der Waals surface area (Å²) in [6.45, 7) is 9.94. The summed E-state index contributed by atoms with van der Waals surface area (Å²) >= 11 is 0. The second kappa shape index (κ2) is 11.9. The quantitative estimate of drug-likeness (QED) is 0.246. The Labute approximate surface area is 255 Å². The first kappa shape index (κ1) is 29.0. The van der Waals surface area contributed by atoms with Crippen LogP contribution in [0.25, 0.3) is 28.4 Å². The molecule has 0 saturated carbocycles. The Morgan fingerprint density at radius 1 is 0.886 bits per heavy atom. The number of halogens is 1. The molecule has 1 N–H and O–H groups in total. The maximum absolute atomic E-state index is 13.9. The first-order valence-corrected chi connectivity index (χ1v) is 14.7. The summed E-state index contributed by atoms with van der Waals surface area (Å²) in [5.74, 6) is 2.09. The standard InChI is InChI=1S/C33H35FN8O2/c1-22(23-8-6-5-7-9-23)36-31-35-17-16-28(38-31)42-26-14-15-27(37-29(26)39-30(42)24-10-12-25(34)13-11-24)40-18-20-41(21-19-40)32(43)44-33(2,3)4/h5-17,22H,18-21H2,1-4H3,(H,35,36,38)/t22-/m1/s1. The van der Waals surface area contributed by atoms with Crippen molar-refractivity contribution in [3.05, 3.63) is 90.4 Å². The van der Waals surface area contributed by atoms with Gasteiger partial charge in [-0.1, -0.05) is 30.3 Å². The van der Waals surface area contributed by atoms with Crippen LogP contribution in [0.1, 0.15) is 39.3 Å². The summed E-state index contributed by atoms with van der Waals surface area (Å²) in [6, 6.07) is 22.0. The molecule has 4 heterocycles. The van der Waals surface area contributed by atoms with E-state index in [9.17, 15) is 9.18 Å². The number of imidazole rings is 1. The highest BCUT2D eigenvalue weighted by Crippen LogP contribution is 2.30. The van der Waals surface area contributed by atoms with E-state index in [1.54, 1.807) is 23.2 Å². The normalized spacial score (nSPS) is 14.5. The van der Waals surface area contributed by atoms with E-state index in [1.165, 1.54) is 12.1 Å². The van der Waals surface area contributed by atoms with Crippen molar-refractivity contribution in [2.45, 2.75) is 39.3 Å². The third-order valence-electron chi connectivity index (χ3n) is 7.38. The predicted octanol–water partition coefficient (Wildman–Crippen LogP) is 6.25. The van der Waals surface area contributed by atoms with E-state index in [0.29, 0.717) is 49.4 Å². The van der Waals surface area contributed by atoms with Crippen LogP contribution in [0.5, 0.6) is 0 Å². The molecule has 2 aromatic carbocycles. The van der Waals surface area contributed by atoms with Gasteiger partial charge >= 0.3 is 6.09 Å². The molecular formula is C33H35FN8O2. The van der Waals surface area contributed by atoms with Gasteiger partial charge in [0.25, 0.3) is 0 Å². The zero-order valence-electron chi connectivity index (χ0n) is 25.2. The van der Waals surface area contributed by atoms with Crippen molar-refractivity contribution in [1.29, 1.82) is 0 Å². The molecule has 1 aliphatic rings. The van der Waals surface area contributed by atoms with Crippen molar-refractivity contribution >= 4 is 29.0 Å². The van der Waals surface area contributed by atoms with E-state index in [4.69, 9.17) is 19.7 Å². The Hall–Kier alpha value is -5.06. The minimum absolute atomic E-state index is 0.0115. The molecule has 1 amide bonds. The molecule has 1 fully saturated rings. The topological polar surface area (TPSA) is 101 Å². The van der Waals surface area contributed by atoms with E-state index in [0.717, 1.165) is 22.5 Å².